The van der Waals surface area contributed by atoms with Crippen LogP contribution in [0.4, 0.5) is 0 Å². The van der Waals surface area contributed by atoms with Crippen molar-refractivity contribution in [2.24, 2.45) is 0 Å². The molecule has 0 aliphatic carbocycles. The van der Waals surface area contributed by atoms with Gasteiger partial charge >= 0.3 is 19.5 Å². The molecule has 7 heteroatoms. The first-order valence-corrected chi connectivity index (χ1v) is 12.2. The number of phenolic OH excluding ortho intramolecular Hbond substituents is 2. The van der Waals surface area contributed by atoms with E-state index in [0.29, 0.717) is 0 Å². The summed E-state index contributed by atoms with van der Waals surface area (Å²) in [5.74, 6) is 0.410. The van der Waals surface area contributed by atoms with Gasteiger partial charge in [-0.1, -0.05) is 60.7 Å². The van der Waals surface area contributed by atoms with Crippen molar-refractivity contribution in [3.05, 3.63) is 108 Å². The molecule has 5 heterocycles. The first-order valence-electron chi connectivity index (χ1n) is 12.2. The third-order valence-electron chi connectivity index (χ3n) is 6.57. The zero-order valence-corrected chi connectivity index (χ0v) is 23.7. The summed E-state index contributed by atoms with van der Waals surface area (Å²) in [5, 5.41) is 19.7. The molecule has 0 fully saturated rings. The Morgan fingerprint density at radius 2 is 0.897 bits per heavy atom. The largest absolute Gasteiger partial charge is 2.00 e. The molecule has 7 rings (SSSR count). The zero-order chi connectivity index (χ0) is 25.6. The number of phenols is 2. The number of hydrogen-bond acceptors (Lipinski definition) is 4. The van der Waals surface area contributed by atoms with Crippen LogP contribution in [0.15, 0.2) is 84.9 Å². The summed E-state index contributed by atoms with van der Waals surface area (Å²) >= 11 is 0. The van der Waals surface area contributed by atoms with Crippen LogP contribution in [0.3, 0.4) is 0 Å². The molecule has 0 radical (unpaired) electrons. The van der Waals surface area contributed by atoms with Gasteiger partial charge in [0.15, 0.2) is 0 Å². The number of aromatic hydroxyl groups is 2. The maximum Gasteiger partial charge on any atom is 2.00 e. The minimum atomic E-state index is 0. The monoisotopic (exact) mass is 556 g/mol. The van der Waals surface area contributed by atoms with E-state index in [-0.39, 0.29) is 31.0 Å². The van der Waals surface area contributed by atoms with E-state index in [2.05, 4.69) is 0 Å². The molecule has 2 aliphatic rings. The molecule has 8 bridgehead atoms. The molecule has 2 aliphatic heterocycles. The van der Waals surface area contributed by atoms with Gasteiger partial charge in [0.25, 0.3) is 0 Å². The maximum absolute atomic E-state index is 9.83. The summed E-state index contributed by atoms with van der Waals surface area (Å²) in [6, 6.07) is 25.9. The van der Waals surface area contributed by atoms with Crippen LogP contribution in [0, 0.1) is 0 Å². The van der Waals surface area contributed by atoms with Crippen LogP contribution in [0.25, 0.3) is 68.6 Å². The molecular weight excluding hydrogens is 538 g/mol. The van der Waals surface area contributed by atoms with Crippen molar-refractivity contribution in [2.45, 2.75) is 0 Å². The van der Waals surface area contributed by atoms with Gasteiger partial charge in [0.05, 0.1) is 22.8 Å². The minimum Gasteiger partial charge on any atom is -0.657 e. The first-order chi connectivity index (χ1) is 18.6. The van der Waals surface area contributed by atoms with Crippen molar-refractivity contribution in [3.63, 3.8) is 0 Å². The maximum atomic E-state index is 9.83. The molecule has 0 atom stereocenters. The van der Waals surface area contributed by atoms with Gasteiger partial charge in [-0.25, -0.2) is 9.97 Å². The van der Waals surface area contributed by atoms with E-state index in [1.54, 1.807) is 24.3 Å². The molecule has 39 heavy (non-hydrogen) atoms. The molecular formula is C32H20N4O2Zn. The van der Waals surface area contributed by atoms with Gasteiger partial charge in [-0.05, 0) is 70.8 Å². The Labute approximate surface area is 236 Å². The molecule has 0 spiro atoms. The summed E-state index contributed by atoms with van der Waals surface area (Å²) in [6.07, 6.45) is 7.89. The van der Waals surface area contributed by atoms with Gasteiger partial charge in [0.2, 0.25) is 0 Å². The number of benzene rings is 2. The Morgan fingerprint density at radius 1 is 0.487 bits per heavy atom. The fourth-order valence-corrected chi connectivity index (χ4v) is 4.80. The summed E-state index contributed by atoms with van der Waals surface area (Å²) in [5.41, 5.74) is 9.87. The second kappa shape index (κ2) is 9.86. The van der Waals surface area contributed by atoms with E-state index in [1.165, 1.54) is 0 Å². The third kappa shape index (κ3) is 4.69. The van der Waals surface area contributed by atoms with Crippen LogP contribution in [0.2, 0.25) is 0 Å². The van der Waals surface area contributed by atoms with Gasteiger partial charge in [-0.15, -0.1) is 22.1 Å². The van der Waals surface area contributed by atoms with Crippen LogP contribution >= 0.6 is 0 Å². The fourth-order valence-electron chi connectivity index (χ4n) is 4.80. The summed E-state index contributed by atoms with van der Waals surface area (Å²) in [7, 11) is 0. The Kier molecular flexibility index (Phi) is 6.22. The van der Waals surface area contributed by atoms with Gasteiger partial charge in [-0.2, -0.15) is 0 Å². The topological polar surface area (TPSA) is 94.4 Å². The second-order valence-corrected chi connectivity index (χ2v) is 9.15. The van der Waals surface area contributed by atoms with E-state index in [9.17, 15) is 10.2 Å². The molecule has 2 N–H and O–H groups in total. The molecule has 0 unspecified atom stereocenters. The van der Waals surface area contributed by atoms with Gasteiger partial charge in [0.1, 0.15) is 11.5 Å². The summed E-state index contributed by atoms with van der Waals surface area (Å²) < 4.78 is 0. The van der Waals surface area contributed by atoms with E-state index in [4.69, 9.17) is 19.9 Å². The minimum absolute atomic E-state index is 0. The van der Waals surface area contributed by atoms with Crippen molar-refractivity contribution in [1.82, 2.24) is 19.9 Å². The fraction of sp³-hybridized carbons (Fsp3) is 0. The molecule has 6 nitrogen and oxygen atoms in total. The SMILES string of the molecule is Oc1ccc(-c2c3nc(cc4ccc([n-]4)c(-c4ccc(O)cc4)c4nc(cc5ccc2[n-]5)C=C4)C=C3)cc1.[Zn+2]. The average Bonchev–Trinajstić information content (AvgIpc) is 3.72. The van der Waals surface area contributed by atoms with E-state index in [1.807, 2.05) is 85.0 Å². The van der Waals surface area contributed by atoms with E-state index in [0.717, 1.165) is 67.1 Å². The summed E-state index contributed by atoms with van der Waals surface area (Å²) in [6.45, 7) is 0. The number of aromatic nitrogens is 4. The number of hydrogen-bond donors (Lipinski definition) is 2. The molecule has 0 amide bonds. The van der Waals surface area contributed by atoms with Gasteiger partial charge in [-0.3, -0.25) is 0 Å². The normalized spacial score (nSPS) is 11.9. The molecule has 182 valence electrons. The van der Waals surface area contributed by atoms with Crippen LogP contribution in [-0.2, 0) is 19.5 Å². The van der Waals surface area contributed by atoms with Crippen LogP contribution in [0.5, 0.6) is 11.5 Å². The molecule has 3 aromatic heterocycles. The first kappa shape index (κ1) is 24.6. The predicted molar refractivity (Wildman–Crippen MR) is 151 cm³/mol. The van der Waals surface area contributed by atoms with Crippen LogP contribution < -0.4 is 9.97 Å². The van der Waals surface area contributed by atoms with Gasteiger partial charge < -0.3 is 20.2 Å². The second-order valence-electron chi connectivity index (χ2n) is 9.15. The van der Waals surface area contributed by atoms with Crippen LogP contribution in [0.1, 0.15) is 22.8 Å². The number of nitrogens with zero attached hydrogens (tertiary/aromatic N) is 4. The molecule has 2 aromatic carbocycles. The van der Waals surface area contributed by atoms with Gasteiger partial charge in [0, 0.05) is 0 Å². The molecule has 0 saturated carbocycles. The molecule has 5 aromatic rings. The summed E-state index contributed by atoms with van der Waals surface area (Å²) in [4.78, 5) is 19.6. The smallest absolute Gasteiger partial charge is 0.657 e. The van der Waals surface area contributed by atoms with Crippen molar-refractivity contribution in [2.75, 3.05) is 0 Å². The van der Waals surface area contributed by atoms with Crippen molar-refractivity contribution in [1.29, 1.82) is 0 Å². The number of fused-ring (bicyclic) bond motifs is 8. The zero-order valence-electron chi connectivity index (χ0n) is 20.8. The quantitative estimate of drug-likeness (QED) is 0.231. The Bertz CT molecular complexity index is 1790. The third-order valence-corrected chi connectivity index (χ3v) is 6.57. The standard InChI is InChI=1S/C32H20N4O2.Zn/c37-25-9-1-19(2-10-25)31-27-13-5-21(33-27)17-23-7-15-29(35-23)32(20-3-11-26(38)12-4-20)30-16-8-24(36-30)18-22-6-14-28(31)34-22;/h1-18H,(H2-2,33,34,35,36,37,38);/q-2;+2. The number of rotatable bonds is 2. The van der Waals surface area contributed by atoms with Crippen LogP contribution in [-0.4, -0.2) is 20.2 Å². The van der Waals surface area contributed by atoms with Crippen molar-refractivity contribution >= 4 is 46.4 Å². The Hall–Kier alpha value is -4.74. The Morgan fingerprint density at radius 3 is 1.31 bits per heavy atom. The molecule has 0 saturated heterocycles. The van der Waals surface area contributed by atoms with E-state index < -0.39 is 0 Å². The van der Waals surface area contributed by atoms with Crippen molar-refractivity contribution in [3.8, 4) is 33.8 Å². The van der Waals surface area contributed by atoms with E-state index >= 15 is 0 Å². The average molecular weight is 558 g/mol. The Balaban J connectivity index is 0.00000277. The predicted octanol–water partition coefficient (Wildman–Crippen LogP) is 6.66. The van der Waals surface area contributed by atoms with Crippen molar-refractivity contribution < 1.29 is 29.7 Å².